The van der Waals surface area contributed by atoms with E-state index in [1.165, 1.54) is 0 Å². The molecule has 1 heterocycles. The molecule has 0 radical (unpaired) electrons. The van der Waals surface area contributed by atoms with E-state index in [0.717, 1.165) is 31.0 Å². The average Bonchev–Trinajstić information content (AvgIpc) is 1.60. The summed E-state index contributed by atoms with van der Waals surface area (Å²) in [7, 11) is 0. The monoisotopic (exact) mass is 128 g/mol. The molecule has 0 unspecified atom stereocenters. The molecule has 1 saturated heterocycles. The van der Waals surface area contributed by atoms with E-state index in [4.69, 9.17) is 4.74 Å². The summed E-state index contributed by atoms with van der Waals surface area (Å²) in [5, 5.41) is 0. The Labute approximate surface area is 57.4 Å². The minimum absolute atomic E-state index is 0.818. The first-order valence-corrected chi connectivity index (χ1v) is 3.79. The van der Waals surface area contributed by atoms with Gasteiger partial charge in [-0.15, -0.1) is 0 Å². The summed E-state index contributed by atoms with van der Waals surface area (Å²) in [6.45, 7) is 8.88. The lowest BCUT2D eigenvalue weighted by molar-refractivity contribution is -0.0657. The van der Waals surface area contributed by atoms with Gasteiger partial charge in [-0.05, 0) is 11.8 Å². The van der Waals surface area contributed by atoms with E-state index in [1.807, 2.05) is 0 Å². The maximum atomic E-state index is 5.11. The van der Waals surface area contributed by atoms with Gasteiger partial charge in [0.1, 0.15) is 0 Å². The molecule has 54 valence electrons. The Bertz CT molecular complexity index is 84.6. The first-order valence-electron chi connectivity index (χ1n) is 3.79. The van der Waals surface area contributed by atoms with Crippen LogP contribution in [0.1, 0.15) is 20.8 Å². The van der Waals surface area contributed by atoms with Crippen molar-refractivity contribution in [3.8, 4) is 0 Å². The standard InChI is InChI=1S/C8H16O/c1-6(2)7(3)8-4-9-5-8/h6-8H,4-5H2,1-3H3/t7-/m1/s1. The summed E-state index contributed by atoms with van der Waals surface area (Å²) in [5.41, 5.74) is 0. The van der Waals surface area contributed by atoms with Gasteiger partial charge in [-0.25, -0.2) is 0 Å². The van der Waals surface area contributed by atoms with Crippen molar-refractivity contribution in [3.63, 3.8) is 0 Å². The van der Waals surface area contributed by atoms with E-state index in [9.17, 15) is 0 Å². The summed E-state index contributed by atoms with van der Waals surface area (Å²) in [5.74, 6) is 2.52. The predicted octanol–water partition coefficient (Wildman–Crippen LogP) is 1.92. The number of hydrogen-bond donors (Lipinski definition) is 0. The largest absolute Gasteiger partial charge is 0.381 e. The molecule has 1 atom stereocenters. The molecule has 1 aliphatic rings. The Kier molecular flexibility index (Phi) is 2.12. The van der Waals surface area contributed by atoms with Gasteiger partial charge in [0.2, 0.25) is 0 Å². The van der Waals surface area contributed by atoms with E-state index < -0.39 is 0 Å². The van der Waals surface area contributed by atoms with Crippen LogP contribution >= 0.6 is 0 Å². The maximum Gasteiger partial charge on any atom is 0.0519 e. The Morgan fingerprint density at radius 3 is 1.89 bits per heavy atom. The molecule has 0 spiro atoms. The first-order chi connectivity index (χ1) is 4.22. The fourth-order valence-electron chi connectivity index (χ4n) is 1.10. The first kappa shape index (κ1) is 7.07. The Hall–Kier alpha value is -0.0400. The molecule has 0 aromatic heterocycles. The van der Waals surface area contributed by atoms with Gasteiger partial charge < -0.3 is 4.74 Å². The van der Waals surface area contributed by atoms with Crippen molar-refractivity contribution in [2.45, 2.75) is 20.8 Å². The Balaban J connectivity index is 2.23. The summed E-state index contributed by atoms with van der Waals surface area (Å²) >= 11 is 0. The quantitative estimate of drug-likeness (QED) is 0.552. The normalized spacial score (nSPS) is 24.0. The zero-order chi connectivity index (χ0) is 6.85. The zero-order valence-electron chi connectivity index (χ0n) is 6.55. The number of hydrogen-bond acceptors (Lipinski definition) is 1. The van der Waals surface area contributed by atoms with E-state index in [-0.39, 0.29) is 0 Å². The topological polar surface area (TPSA) is 9.23 Å². The van der Waals surface area contributed by atoms with E-state index in [0.29, 0.717) is 0 Å². The fourth-order valence-corrected chi connectivity index (χ4v) is 1.10. The van der Waals surface area contributed by atoms with Crippen molar-refractivity contribution in [2.24, 2.45) is 17.8 Å². The van der Waals surface area contributed by atoms with Crippen LogP contribution in [-0.4, -0.2) is 13.2 Å². The van der Waals surface area contributed by atoms with Gasteiger partial charge in [-0.2, -0.15) is 0 Å². The van der Waals surface area contributed by atoms with Crippen LogP contribution in [0.25, 0.3) is 0 Å². The molecule has 0 aliphatic carbocycles. The molecule has 1 fully saturated rings. The van der Waals surface area contributed by atoms with Crippen molar-refractivity contribution in [1.82, 2.24) is 0 Å². The van der Waals surface area contributed by atoms with Crippen LogP contribution in [0.2, 0.25) is 0 Å². The molecule has 1 rings (SSSR count). The van der Waals surface area contributed by atoms with Crippen LogP contribution in [-0.2, 0) is 4.74 Å². The predicted molar refractivity (Wildman–Crippen MR) is 38.3 cm³/mol. The van der Waals surface area contributed by atoms with Crippen LogP contribution in [0.5, 0.6) is 0 Å². The van der Waals surface area contributed by atoms with Crippen molar-refractivity contribution < 1.29 is 4.74 Å². The molecule has 1 heteroatoms. The van der Waals surface area contributed by atoms with Crippen LogP contribution in [0.15, 0.2) is 0 Å². The number of ether oxygens (including phenoxy) is 1. The Morgan fingerprint density at radius 2 is 1.78 bits per heavy atom. The molecule has 1 nitrogen and oxygen atoms in total. The highest BCUT2D eigenvalue weighted by molar-refractivity contribution is 4.73. The van der Waals surface area contributed by atoms with Gasteiger partial charge in [-0.3, -0.25) is 0 Å². The number of rotatable bonds is 2. The van der Waals surface area contributed by atoms with Crippen LogP contribution in [0.3, 0.4) is 0 Å². The molecule has 0 N–H and O–H groups in total. The van der Waals surface area contributed by atoms with Gasteiger partial charge in [0.25, 0.3) is 0 Å². The van der Waals surface area contributed by atoms with E-state index >= 15 is 0 Å². The minimum Gasteiger partial charge on any atom is -0.381 e. The molecular weight excluding hydrogens is 112 g/mol. The van der Waals surface area contributed by atoms with Crippen molar-refractivity contribution in [2.75, 3.05) is 13.2 Å². The lowest BCUT2D eigenvalue weighted by Crippen LogP contribution is -2.35. The molecule has 0 saturated carbocycles. The van der Waals surface area contributed by atoms with Gasteiger partial charge in [0, 0.05) is 5.92 Å². The Morgan fingerprint density at radius 1 is 1.22 bits per heavy atom. The molecule has 0 amide bonds. The molecule has 1 aliphatic heterocycles. The molecule has 0 aromatic carbocycles. The summed E-state index contributed by atoms with van der Waals surface area (Å²) in [6.07, 6.45) is 0. The SMILES string of the molecule is CC(C)[C@@H](C)C1COC1. The van der Waals surface area contributed by atoms with E-state index in [1.54, 1.807) is 0 Å². The summed E-state index contributed by atoms with van der Waals surface area (Å²) in [4.78, 5) is 0. The fraction of sp³-hybridized carbons (Fsp3) is 1.00. The molecule has 0 bridgehead atoms. The second kappa shape index (κ2) is 2.70. The third-order valence-electron chi connectivity index (χ3n) is 2.46. The van der Waals surface area contributed by atoms with Crippen molar-refractivity contribution in [1.29, 1.82) is 0 Å². The highest BCUT2D eigenvalue weighted by Crippen LogP contribution is 2.26. The zero-order valence-corrected chi connectivity index (χ0v) is 6.55. The highest BCUT2D eigenvalue weighted by atomic mass is 16.5. The lowest BCUT2D eigenvalue weighted by atomic mass is 9.84. The van der Waals surface area contributed by atoms with Gasteiger partial charge in [0.15, 0.2) is 0 Å². The van der Waals surface area contributed by atoms with E-state index in [2.05, 4.69) is 20.8 Å². The van der Waals surface area contributed by atoms with Crippen LogP contribution in [0, 0.1) is 17.8 Å². The van der Waals surface area contributed by atoms with Crippen molar-refractivity contribution >= 4 is 0 Å². The van der Waals surface area contributed by atoms with Gasteiger partial charge in [0.05, 0.1) is 13.2 Å². The molecular formula is C8H16O. The third kappa shape index (κ3) is 1.45. The second-order valence-electron chi connectivity index (χ2n) is 3.40. The summed E-state index contributed by atoms with van der Waals surface area (Å²) < 4.78 is 5.11. The lowest BCUT2D eigenvalue weighted by Gasteiger charge is -2.33. The van der Waals surface area contributed by atoms with Crippen LogP contribution in [0.4, 0.5) is 0 Å². The molecule has 9 heavy (non-hydrogen) atoms. The smallest absolute Gasteiger partial charge is 0.0519 e. The highest BCUT2D eigenvalue weighted by Gasteiger charge is 2.26. The summed E-state index contributed by atoms with van der Waals surface area (Å²) in [6, 6.07) is 0. The van der Waals surface area contributed by atoms with Gasteiger partial charge in [-0.1, -0.05) is 20.8 Å². The minimum atomic E-state index is 0.818. The maximum absolute atomic E-state index is 5.11. The van der Waals surface area contributed by atoms with Crippen molar-refractivity contribution in [3.05, 3.63) is 0 Å². The third-order valence-corrected chi connectivity index (χ3v) is 2.46. The van der Waals surface area contributed by atoms with Crippen LogP contribution < -0.4 is 0 Å². The van der Waals surface area contributed by atoms with Gasteiger partial charge >= 0.3 is 0 Å². The second-order valence-corrected chi connectivity index (χ2v) is 3.40. The molecule has 0 aromatic rings. The average molecular weight is 128 g/mol.